The van der Waals surface area contributed by atoms with Crippen LogP contribution in [0.4, 0.5) is 0 Å². The van der Waals surface area contributed by atoms with Gasteiger partial charge in [0.2, 0.25) is 0 Å². The monoisotopic (exact) mass is 358 g/mol. The summed E-state index contributed by atoms with van der Waals surface area (Å²) in [5, 5.41) is 0. The Morgan fingerprint density at radius 1 is 0.769 bits per heavy atom. The van der Waals surface area contributed by atoms with Crippen molar-refractivity contribution in [2.45, 2.75) is 110 Å². The van der Waals surface area contributed by atoms with E-state index in [1.165, 1.54) is 82.6 Å². The molecule has 0 saturated carbocycles. The van der Waals surface area contributed by atoms with E-state index in [2.05, 4.69) is 56.3 Å². The number of ether oxygens (including phenoxy) is 1. The molecule has 1 aromatic carbocycles. The van der Waals surface area contributed by atoms with Crippen LogP contribution >= 0.6 is 0 Å². The van der Waals surface area contributed by atoms with Gasteiger partial charge >= 0.3 is 0 Å². The summed E-state index contributed by atoms with van der Waals surface area (Å²) in [6.07, 6.45) is 22.1. The number of allylic oxidation sites excluding steroid dienone is 1. The first-order valence-electron chi connectivity index (χ1n) is 11.2. The largest absolute Gasteiger partial charge is 0.373 e. The fraction of sp³-hybridized carbons (Fsp3) is 0.680. The van der Waals surface area contributed by atoms with Crippen molar-refractivity contribution in [2.75, 3.05) is 0 Å². The minimum atomic E-state index is 0.368. The molecule has 0 aliphatic carbocycles. The van der Waals surface area contributed by atoms with E-state index in [0.717, 1.165) is 13.0 Å². The van der Waals surface area contributed by atoms with Crippen molar-refractivity contribution in [3.8, 4) is 0 Å². The molecule has 0 spiro atoms. The minimum absolute atomic E-state index is 0.368. The zero-order valence-electron chi connectivity index (χ0n) is 17.4. The molecule has 26 heavy (non-hydrogen) atoms. The van der Waals surface area contributed by atoms with Crippen LogP contribution in [0.2, 0.25) is 0 Å². The number of rotatable bonds is 17. The predicted molar refractivity (Wildman–Crippen MR) is 116 cm³/mol. The SMILES string of the molecule is CCCCCCCC/C=C\C[C@@H](CCCCCC)OCc1ccccc1. The van der Waals surface area contributed by atoms with Crippen LogP contribution in [0.5, 0.6) is 0 Å². The van der Waals surface area contributed by atoms with E-state index < -0.39 is 0 Å². The highest BCUT2D eigenvalue weighted by atomic mass is 16.5. The Hall–Kier alpha value is -1.08. The van der Waals surface area contributed by atoms with Crippen LogP contribution in [0, 0.1) is 0 Å². The molecule has 0 radical (unpaired) electrons. The normalized spacial score (nSPS) is 12.7. The first kappa shape index (κ1) is 23.0. The van der Waals surface area contributed by atoms with Crippen LogP contribution in [0.3, 0.4) is 0 Å². The highest BCUT2D eigenvalue weighted by Crippen LogP contribution is 2.15. The molecule has 0 aromatic heterocycles. The molecule has 0 bridgehead atoms. The van der Waals surface area contributed by atoms with E-state index in [1.807, 2.05) is 0 Å². The topological polar surface area (TPSA) is 9.23 Å². The first-order chi connectivity index (χ1) is 12.9. The van der Waals surface area contributed by atoms with Crippen LogP contribution in [-0.2, 0) is 11.3 Å². The molecule has 0 heterocycles. The molecule has 0 aliphatic heterocycles. The van der Waals surface area contributed by atoms with Crippen LogP contribution in [0.25, 0.3) is 0 Å². The van der Waals surface area contributed by atoms with Gasteiger partial charge in [0.1, 0.15) is 0 Å². The fourth-order valence-corrected chi connectivity index (χ4v) is 3.26. The molecule has 0 fully saturated rings. The maximum absolute atomic E-state index is 6.23. The third kappa shape index (κ3) is 13.2. The molecule has 1 nitrogen and oxygen atoms in total. The van der Waals surface area contributed by atoms with Gasteiger partial charge in [-0.25, -0.2) is 0 Å². The minimum Gasteiger partial charge on any atom is -0.373 e. The Kier molecular flexibility index (Phi) is 15.3. The molecule has 1 heteroatoms. The molecular formula is C25H42O. The van der Waals surface area contributed by atoms with E-state index in [-0.39, 0.29) is 0 Å². The van der Waals surface area contributed by atoms with Crippen molar-refractivity contribution in [2.24, 2.45) is 0 Å². The van der Waals surface area contributed by atoms with Crippen LogP contribution < -0.4 is 0 Å². The predicted octanol–water partition coefficient (Wildman–Crippen LogP) is 8.24. The Morgan fingerprint density at radius 2 is 1.42 bits per heavy atom. The van der Waals surface area contributed by atoms with Gasteiger partial charge in [-0.1, -0.05) is 114 Å². The van der Waals surface area contributed by atoms with Gasteiger partial charge in [-0.05, 0) is 31.2 Å². The van der Waals surface area contributed by atoms with Crippen LogP contribution in [-0.4, -0.2) is 6.10 Å². The van der Waals surface area contributed by atoms with E-state index in [4.69, 9.17) is 4.74 Å². The molecule has 1 atom stereocenters. The average Bonchev–Trinajstić information content (AvgIpc) is 2.68. The number of hydrogen-bond donors (Lipinski definition) is 0. The van der Waals surface area contributed by atoms with Crippen molar-refractivity contribution in [3.63, 3.8) is 0 Å². The zero-order chi connectivity index (χ0) is 18.7. The zero-order valence-corrected chi connectivity index (χ0v) is 17.4. The lowest BCUT2D eigenvalue weighted by molar-refractivity contribution is 0.0353. The Balaban J connectivity index is 2.23. The number of hydrogen-bond acceptors (Lipinski definition) is 1. The summed E-state index contributed by atoms with van der Waals surface area (Å²) in [4.78, 5) is 0. The molecule has 1 rings (SSSR count). The maximum atomic E-state index is 6.23. The van der Waals surface area contributed by atoms with Crippen LogP contribution in [0.1, 0.15) is 103 Å². The average molecular weight is 359 g/mol. The standard InChI is InChI=1S/C25H42O/c1-3-5-7-9-10-11-12-13-18-22-25(21-17-8-6-4-2)26-23-24-19-15-14-16-20-24/h13-16,18-20,25H,3-12,17,21-23H2,1-2H3/b18-13-/t25-/m1/s1. The molecule has 0 amide bonds. The third-order valence-electron chi connectivity index (χ3n) is 5.00. The van der Waals surface area contributed by atoms with Gasteiger partial charge < -0.3 is 4.74 Å². The molecule has 0 unspecified atom stereocenters. The summed E-state index contributed by atoms with van der Waals surface area (Å²) < 4.78 is 6.23. The Morgan fingerprint density at radius 3 is 2.15 bits per heavy atom. The van der Waals surface area contributed by atoms with Crippen molar-refractivity contribution >= 4 is 0 Å². The van der Waals surface area contributed by atoms with Gasteiger partial charge in [0, 0.05) is 0 Å². The quantitative estimate of drug-likeness (QED) is 0.201. The Labute approximate surface area is 163 Å². The van der Waals surface area contributed by atoms with Gasteiger partial charge in [-0.3, -0.25) is 0 Å². The molecule has 0 saturated heterocycles. The molecule has 0 aliphatic rings. The van der Waals surface area contributed by atoms with Crippen molar-refractivity contribution < 1.29 is 4.74 Å². The number of unbranched alkanes of at least 4 members (excludes halogenated alkanes) is 9. The smallest absolute Gasteiger partial charge is 0.0720 e. The summed E-state index contributed by atoms with van der Waals surface area (Å²) in [5.74, 6) is 0. The van der Waals surface area contributed by atoms with Gasteiger partial charge in [-0.2, -0.15) is 0 Å². The van der Waals surface area contributed by atoms with Gasteiger partial charge in [0.15, 0.2) is 0 Å². The van der Waals surface area contributed by atoms with Crippen LogP contribution in [0.15, 0.2) is 42.5 Å². The lowest BCUT2D eigenvalue weighted by Crippen LogP contribution is -2.12. The molecular weight excluding hydrogens is 316 g/mol. The lowest BCUT2D eigenvalue weighted by atomic mass is 10.1. The highest BCUT2D eigenvalue weighted by molar-refractivity contribution is 5.13. The summed E-state index contributed by atoms with van der Waals surface area (Å²) in [5.41, 5.74) is 1.28. The Bertz CT molecular complexity index is 423. The fourth-order valence-electron chi connectivity index (χ4n) is 3.26. The third-order valence-corrected chi connectivity index (χ3v) is 5.00. The van der Waals surface area contributed by atoms with E-state index >= 15 is 0 Å². The second kappa shape index (κ2) is 17.3. The van der Waals surface area contributed by atoms with Gasteiger partial charge in [-0.15, -0.1) is 0 Å². The molecule has 0 N–H and O–H groups in total. The molecule has 1 aromatic rings. The van der Waals surface area contributed by atoms with Crippen molar-refractivity contribution in [1.29, 1.82) is 0 Å². The summed E-state index contributed by atoms with van der Waals surface area (Å²) >= 11 is 0. The summed E-state index contributed by atoms with van der Waals surface area (Å²) in [7, 11) is 0. The van der Waals surface area contributed by atoms with Crippen molar-refractivity contribution in [3.05, 3.63) is 48.0 Å². The van der Waals surface area contributed by atoms with Crippen molar-refractivity contribution in [1.82, 2.24) is 0 Å². The first-order valence-corrected chi connectivity index (χ1v) is 11.2. The van der Waals surface area contributed by atoms with E-state index in [1.54, 1.807) is 0 Å². The van der Waals surface area contributed by atoms with E-state index in [0.29, 0.717) is 6.10 Å². The second-order valence-electron chi connectivity index (χ2n) is 7.53. The van der Waals surface area contributed by atoms with E-state index in [9.17, 15) is 0 Å². The maximum Gasteiger partial charge on any atom is 0.0720 e. The lowest BCUT2D eigenvalue weighted by Gasteiger charge is -2.16. The summed E-state index contributed by atoms with van der Waals surface area (Å²) in [6.45, 7) is 5.29. The highest BCUT2D eigenvalue weighted by Gasteiger charge is 2.07. The van der Waals surface area contributed by atoms with Gasteiger partial charge in [0.05, 0.1) is 12.7 Å². The second-order valence-corrected chi connectivity index (χ2v) is 7.53. The molecule has 148 valence electrons. The summed E-state index contributed by atoms with van der Waals surface area (Å²) in [6, 6.07) is 10.6. The number of benzene rings is 1. The van der Waals surface area contributed by atoms with Gasteiger partial charge in [0.25, 0.3) is 0 Å².